The summed E-state index contributed by atoms with van der Waals surface area (Å²) in [4.78, 5) is 0. The van der Waals surface area contributed by atoms with Crippen LogP contribution in [0.3, 0.4) is 0 Å². The van der Waals surface area contributed by atoms with Gasteiger partial charge in [0.25, 0.3) is 0 Å². The van der Waals surface area contributed by atoms with Crippen molar-refractivity contribution in [1.29, 1.82) is 0 Å². The summed E-state index contributed by atoms with van der Waals surface area (Å²) in [5.41, 5.74) is 1.03. The molecule has 4 aliphatic rings. The summed E-state index contributed by atoms with van der Waals surface area (Å²) in [6.45, 7) is 17.3. The number of allylic oxidation sites excluding steroid dienone is 2. The van der Waals surface area contributed by atoms with Crippen LogP contribution in [0.4, 0.5) is 0 Å². The molecule has 3 unspecified atom stereocenters. The topological polar surface area (TPSA) is 20.2 Å². The van der Waals surface area contributed by atoms with Crippen LogP contribution in [-0.2, 0) is 0 Å². The molecule has 0 spiro atoms. The molecule has 0 amide bonds. The molecule has 0 aromatic heterocycles. The Hall–Kier alpha value is -0.300. The Kier molecular flexibility index (Phi) is 6.78. The molecule has 31 heavy (non-hydrogen) atoms. The van der Waals surface area contributed by atoms with E-state index >= 15 is 0 Å². The Labute approximate surface area is 193 Å². The molecular weight excluding hydrogens is 376 g/mol. The molecule has 178 valence electrons. The first-order chi connectivity index (χ1) is 14.6. The predicted octanol–water partition coefficient (Wildman–Crippen LogP) is 8.13. The zero-order valence-corrected chi connectivity index (χ0v) is 21.7. The average molecular weight is 429 g/mol. The summed E-state index contributed by atoms with van der Waals surface area (Å²) < 4.78 is 0. The fraction of sp³-hybridized carbons (Fsp3) is 0.933. The van der Waals surface area contributed by atoms with Crippen molar-refractivity contribution in [2.24, 2.45) is 64.1 Å². The highest BCUT2D eigenvalue weighted by Crippen LogP contribution is 2.68. The SMILES string of the molecule is CC[C@@H](/C=C/[C@@H](C)[C@H]1CCC2C3CC[C@H]4[C@H](C)[C@@H](O)CC[C@]4(C)C3CC[C@@]21C)C(C)C. The first kappa shape index (κ1) is 23.8. The van der Waals surface area contributed by atoms with E-state index in [0.717, 1.165) is 53.8 Å². The smallest absolute Gasteiger partial charge is 0.0568 e. The van der Waals surface area contributed by atoms with E-state index in [4.69, 9.17) is 0 Å². The van der Waals surface area contributed by atoms with E-state index in [2.05, 4.69) is 60.6 Å². The molecule has 0 aromatic rings. The van der Waals surface area contributed by atoms with Gasteiger partial charge in [0.15, 0.2) is 0 Å². The van der Waals surface area contributed by atoms with Crippen molar-refractivity contribution in [3.05, 3.63) is 12.2 Å². The van der Waals surface area contributed by atoms with Crippen molar-refractivity contribution in [2.45, 2.75) is 112 Å². The van der Waals surface area contributed by atoms with Gasteiger partial charge in [0.05, 0.1) is 6.10 Å². The summed E-state index contributed by atoms with van der Waals surface area (Å²) in [5.74, 6) is 7.14. The number of aliphatic hydroxyl groups is 1. The molecule has 1 nitrogen and oxygen atoms in total. The lowest BCUT2D eigenvalue weighted by Gasteiger charge is -2.62. The summed E-state index contributed by atoms with van der Waals surface area (Å²) in [6.07, 6.45) is 17.3. The molecule has 4 rings (SSSR count). The van der Waals surface area contributed by atoms with Gasteiger partial charge in [-0.15, -0.1) is 0 Å². The van der Waals surface area contributed by atoms with Gasteiger partial charge < -0.3 is 5.11 Å². The molecule has 0 bridgehead atoms. The molecule has 0 heterocycles. The monoisotopic (exact) mass is 428 g/mol. The van der Waals surface area contributed by atoms with Crippen LogP contribution in [0, 0.1) is 64.1 Å². The molecule has 4 fully saturated rings. The van der Waals surface area contributed by atoms with E-state index in [1.807, 2.05) is 0 Å². The van der Waals surface area contributed by atoms with Gasteiger partial charge in [0.2, 0.25) is 0 Å². The van der Waals surface area contributed by atoms with Gasteiger partial charge in [-0.05, 0) is 122 Å². The number of hydrogen-bond donors (Lipinski definition) is 1. The van der Waals surface area contributed by atoms with E-state index in [1.165, 1.54) is 51.4 Å². The third kappa shape index (κ3) is 3.87. The van der Waals surface area contributed by atoms with E-state index in [1.54, 1.807) is 0 Å². The van der Waals surface area contributed by atoms with Crippen molar-refractivity contribution in [1.82, 2.24) is 0 Å². The Morgan fingerprint density at radius 3 is 2.16 bits per heavy atom. The third-order valence-corrected chi connectivity index (χ3v) is 11.9. The van der Waals surface area contributed by atoms with Crippen molar-refractivity contribution in [3.8, 4) is 0 Å². The van der Waals surface area contributed by atoms with Gasteiger partial charge >= 0.3 is 0 Å². The quantitative estimate of drug-likeness (QED) is 0.438. The molecule has 1 N–H and O–H groups in total. The van der Waals surface area contributed by atoms with Crippen molar-refractivity contribution < 1.29 is 5.11 Å². The molecule has 0 radical (unpaired) electrons. The molecule has 4 aliphatic carbocycles. The summed E-state index contributed by atoms with van der Waals surface area (Å²) in [7, 11) is 0. The minimum Gasteiger partial charge on any atom is -0.393 e. The van der Waals surface area contributed by atoms with Crippen LogP contribution in [0.2, 0.25) is 0 Å². The van der Waals surface area contributed by atoms with Gasteiger partial charge in [-0.3, -0.25) is 0 Å². The second-order valence-electron chi connectivity index (χ2n) is 13.3. The van der Waals surface area contributed by atoms with Gasteiger partial charge in [-0.2, -0.15) is 0 Å². The zero-order chi connectivity index (χ0) is 22.6. The van der Waals surface area contributed by atoms with E-state index in [9.17, 15) is 5.11 Å². The maximum absolute atomic E-state index is 10.5. The fourth-order valence-electron chi connectivity index (χ4n) is 9.90. The number of rotatable bonds is 5. The van der Waals surface area contributed by atoms with Crippen LogP contribution < -0.4 is 0 Å². The molecule has 4 saturated carbocycles. The maximum Gasteiger partial charge on any atom is 0.0568 e. The summed E-state index contributed by atoms with van der Waals surface area (Å²) in [5, 5.41) is 10.5. The third-order valence-electron chi connectivity index (χ3n) is 11.9. The zero-order valence-electron chi connectivity index (χ0n) is 21.7. The Balaban J connectivity index is 1.51. The molecule has 1 heteroatoms. The van der Waals surface area contributed by atoms with Crippen LogP contribution in [0.25, 0.3) is 0 Å². The molecule has 0 aromatic carbocycles. The van der Waals surface area contributed by atoms with Crippen molar-refractivity contribution in [2.75, 3.05) is 0 Å². The van der Waals surface area contributed by atoms with Gasteiger partial charge in [-0.1, -0.05) is 60.6 Å². The lowest BCUT2D eigenvalue weighted by molar-refractivity contribution is -0.148. The first-order valence-electron chi connectivity index (χ1n) is 14.0. The maximum atomic E-state index is 10.5. The minimum atomic E-state index is -0.0511. The van der Waals surface area contributed by atoms with E-state index in [0.29, 0.717) is 16.7 Å². The van der Waals surface area contributed by atoms with Crippen LogP contribution in [0.5, 0.6) is 0 Å². The number of hydrogen-bond acceptors (Lipinski definition) is 1. The number of aliphatic hydroxyl groups excluding tert-OH is 1. The predicted molar refractivity (Wildman–Crippen MR) is 133 cm³/mol. The lowest BCUT2D eigenvalue weighted by atomic mass is 9.43. The van der Waals surface area contributed by atoms with Gasteiger partial charge in [0.1, 0.15) is 0 Å². The molecule has 11 atom stereocenters. The second-order valence-corrected chi connectivity index (χ2v) is 13.3. The highest BCUT2D eigenvalue weighted by Gasteiger charge is 2.61. The normalized spacial score (nSPS) is 49.5. The van der Waals surface area contributed by atoms with Crippen LogP contribution in [0.1, 0.15) is 106 Å². The van der Waals surface area contributed by atoms with Crippen LogP contribution in [0.15, 0.2) is 12.2 Å². The van der Waals surface area contributed by atoms with Crippen LogP contribution >= 0.6 is 0 Å². The first-order valence-corrected chi connectivity index (χ1v) is 14.0. The van der Waals surface area contributed by atoms with Gasteiger partial charge in [0, 0.05) is 0 Å². The van der Waals surface area contributed by atoms with E-state index in [-0.39, 0.29) is 6.10 Å². The fourth-order valence-corrected chi connectivity index (χ4v) is 9.90. The standard InChI is InChI=1S/C30H52O/c1-8-22(19(2)3)10-9-20(4)24-13-14-26-23-11-12-25-21(5)28(31)16-18-30(25,7)27(23)15-17-29(24,26)6/h9-10,19-28,31H,8,11-18H2,1-7H3/b10-9+/t20-,21+,22+,23?,24-,25+,26?,27?,28+,29-,30+/m1/s1. The highest BCUT2D eigenvalue weighted by atomic mass is 16.3. The van der Waals surface area contributed by atoms with E-state index < -0.39 is 0 Å². The van der Waals surface area contributed by atoms with Crippen molar-refractivity contribution >= 4 is 0 Å². The highest BCUT2D eigenvalue weighted by molar-refractivity contribution is 5.12. The number of fused-ring (bicyclic) bond motifs is 5. The Morgan fingerprint density at radius 1 is 0.839 bits per heavy atom. The average Bonchev–Trinajstić information content (AvgIpc) is 3.08. The van der Waals surface area contributed by atoms with Crippen LogP contribution in [-0.4, -0.2) is 11.2 Å². The largest absolute Gasteiger partial charge is 0.393 e. The summed E-state index contributed by atoms with van der Waals surface area (Å²) >= 11 is 0. The second kappa shape index (κ2) is 8.81. The Bertz CT molecular complexity index is 651. The lowest BCUT2D eigenvalue weighted by Crippen LogP contribution is -2.56. The molecular formula is C30H52O. The van der Waals surface area contributed by atoms with Crippen molar-refractivity contribution in [3.63, 3.8) is 0 Å². The minimum absolute atomic E-state index is 0.0511. The Morgan fingerprint density at radius 2 is 1.48 bits per heavy atom. The summed E-state index contributed by atoms with van der Waals surface area (Å²) in [6, 6.07) is 0. The van der Waals surface area contributed by atoms with Gasteiger partial charge in [-0.25, -0.2) is 0 Å². The molecule has 0 saturated heterocycles. The molecule has 0 aliphatic heterocycles.